The second-order valence-electron chi connectivity index (χ2n) is 8.26. The highest BCUT2D eigenvalue weighted by atomic mass is 16.5. The number of ether oxygens (including phenoxy) is 1. The summed E-state index contributed by atoms with van der Waals surface area (Å²) in [5.41, 5.74) is 1.95. The molecule has 6 heteroatoms. The third-order valence-corrected chi connectivity index (χ3v) is 6.26. The molecule has 2 aliphatic rings. The Kier molecular flexibility index (Phi) is 6.82. The summed E-state index contributed by atoms with van der Waals surface area (Å²) in [4.78, 5) is 26.0. The fourth-order valence-corrected chi connectivity index (χ4v) is 4.49. The number of rotatable bonds is 7. The van der Waals surface area contributed by atoms with Crippen LogP contribution >= 0.6 is 0 Å². The number of aromatic nitrogens is 2. The van der Waals surface area contributed by atoms with Crippen LogP contribution in [0, 0.1) is 5.92 Å². The van der Waals surface area contributed by atoms with Crippen LogP contribution in [0.2, 0.25) is 0 Å². The van der Waals surface area contributed by atoms with Crippen molar-refractivity contribution in [2.75, 3.05) is 37.7 Å². The molecule has 2 heterocycles. The van der Waals surface area contributed by atoms with E-state index in [-0.39, 0.29) is 0 Å². The zero-order valence-electron chi connectivity index (χ0n) is 17.9. The van der Waals surface area contributed by atoms with E-state index in [0.717, 1.165) is 61.5 Å². The smallest absolute Gasteiger partial charge is 0.225 e. The molecule has 6 nitrogen and oxygen atoms in total. The molecule has 0 N–H and O–H groups in total. The Morgan fingerprint density at radius 3 is 2.50 bits per heavy atom. The van der Waals surface area contributed by atoms with Crippen LogP contribution in [0.25, 0.3) is 11.3 Å². The minimum atomic E-state index is 0.311. The average molecular weight is 409 g/mol. The van der Waals surface area contributed by atoms with Crippen molar-refractivity contribution in [3.63, 3.8) is 0 Å². The second kappa shape index (κ2) is 9.92. The van der Waals surface area contributed by atoms with Crippen molar-refractivity contribution >= 4 is 11.9 Å². The van der Waals surface area contributed by atoms with Crippen LogP contribution in [0.4, 0.5) is 5.95 Å². The molecular weight excluding hydrogens is 376 g/mol. The van der Waals surface area contributed by atoms with Gasteiger partial charge in [-0.3, -0.25) is 4.79 Å². The number of piperazine rings is 1. The zero-order chi connectivity index (χ0) is 20.8. The summed E-state index contributed by atoms with van der Waals surface area (Å²) in [5.74, 6) is 2.68. The monoisotopic (exact) mass is 408 g/mol. The lowest BCUT2D eigenvalue weighted by molar-refractivity contribution is -0.131. The van der Waals surface area contributed by atoms with Gasteiger partial charge in [0.05, 0.1) is 12.3 Å². The molecule has 1 aliphatic carbocycles. The Morgan fingerprint density at radius 2 is 1.80 bits per heavy atom. The Balaban J connectivity index is 1.32. The SMILES string of the molecule is CCOc1ccc(-c2ccnc(N3CCN(C(=O)CCC4CCCC4)CC3)n2)cc1. The molecule has 1 saturated heterocycles. The topological polar surface area (TPSA) is 58.6 Å². The lowest BCUT2D eigenvalue weighted by Crippen LogP contribution is -2.49. The molecule has 0 atom stereocenters. The third kappa shape index (κ3) is 5.10. The second-order valence-corrected chi connectivity index (χ2v) is 8.26. The molecule has 1 amide bonds. The van der Waals surface area contributed by atoms with Crippen molar-refractivity contribution in [2.45, 2.75) is 45.4 Å². The van der Waals surface area contributed by atoms with Crippen molar-refractivity contribution in [3.05, 3.63) is 36.5 Å². The van der Waals surface area contributed by atoms with Gasteiger partial charge in [0.1, 0.15) is 5.75 Å². The fourth-order valence-electron chi connectivity index (χ4n) is 4.49. The first-order chi connectivity index (χ1) is 14.7. The number of hydrogen-bond acceptors (Lipinski definition) is 5. The molecule has 1 saturated carbocycles. The van der Waals surface area contributed by atoms with Crippen LogP contribution in [0.15, 0.2) is 36.5 Å². The van der Waals surface area contributed by atoms with Gasteiger partial charge in [-0.15, -0.1) is 0 Å². The molecule has 1 aromatic carbocycles. The van der Waals surface area contributed by atoms with Gasteiger partial charge in [-0.1, -0.05) is 25.7 Å². The molecule has 0 unspecified atom stereocenters. The van der Waals surface area contributed by atoms with E-state index in [9.17, 15) is 4.79 Å². The summed E-state index contributed by atoms with van der Waals surface area (Å²) in [5, 5.41) is 0. The summed E-state index contributed by atoms with van der Waals surface area (Å²) in [6.45, 7) is 5.70. The molecule has 1 aliphatic heterocycles. The van der Waals surface area contributed by atoms with E-state index >= 15 is 0 Å². The highest BCUT2D eigenvalue weighted by Gasteiger charge is 2.24. The maximum Gasteiger partial charge on any atom is 0.225 e. The third-order valence-electron chi connectivity index (χ3n) is 6.26. The highest BCUT2D eigenvalue weighted by molar-refractivity contribution is 5.76. The van der Waals surface area contributed by atoms with Gasteiger partial charge >= 0.3 is 0 Å². The van der Waals surface area contributed by atoms with Gasteiger partial charge in [-0.2, -0.15) is 0 Å². The largest absolute Gasteiger partial charge is 0.494 e. The minimum Gasteiger partial charge on any atom is -0.494 e. The lowest BCUT2D eigenvalue weighted by Gasteiger charge is -2.35. The van der Waals surface area contributed by atoms with Gasteiger partial charge in [-0.05, 0) is 49.6 Å². The summed E-state index contributed by atoms with van der Waals surface area (Å²) >= 11 is 0. The maximum atomic E-state index is 12.6. The summed E-state index contributed by atoms with van der Waals surface area (Å²) < 4.78 is 5.52. The molecular formula is C24H32N4O2. The molecule has 0 bridgehead atoms. The standard InChI is InChI=1S/C24H32N4O2/c1-2-30-21-10-8-20(9-11-21)22-13-14-25-24(26-22)28-17-15-27(16-18-28)23(29)12-7-19-5-3-4-6-19/h8-11,13-14,19H,2-7,12,15-18H2,1H3. The van der Waals surface area contributed by atoms with Gasteiger partial charge in [0.25, 0.3) is 0 Å². The number of carbonyl (C=O) groups is 1. The first-order valence-corrected chi connectivity index (χ1v) is 11.3. The van der Waals surface area contributed by atoms with E-state index in [1.807, 2.05) is 48.4 Å². The van der Waals surface area contributed by atoms with Crippen molar-refractivity contribution < 1.29 is 9.53 Å². The Bertz CT molecular complexity index is 825. The first kappa shape index (κ1) is 20.6. The predicted octanol–water partition coefficient (Wildman–Crippen LogP) is 4.16. The number of anilines is 1. The van der Waals surface area contributed by atoms with E-state index in [1.165, 1.54) is 25.7 Å². The molecule has 0 spiro atoms. The maximum absolute atomic E-state index is 12.6. The first-order valence-electron chi connectivity index (χ1n) is 11.3. The van der Waals surface area contributed by atoms with Crippen molar-refractivity contribution in [1.82, 2.24) is 14.9 Å². The normalized spacial score (nSPS) is 17.4. The van der Waals surface area contributed by atoms with Crippen LogP contribution in [0.1, 0.15) is 45.4 Å². The van der Waals surface area contributed by atoms with Crippen LogP contribution in [0.3, 0.4) is 0 Å². The van der Waals surface area contributed by atoms with Crippen LogP contribution in [-0.2, 0) is 4.79 Å². The van der Waals surface area contributed by atoms with Crippen molar-refractivity contribution in [1.29, 1.82) is 0 Å². The average Bonchev–Trinajstić information content (AvgIpc) is 3.32. The quantitative estimate of drug-likeness (QED) is 0.688. The van der Waals surface area contributed by atoms with Crippen LogP contribution in [-0.4, -0.2) is 53.6 Å². The number of benzene rings is 1. The number of carbonyl (C=O) groups excluding carboxylic acids is 1. The van der Waals surface area contributed by atoms with Gasteiger partial charge in [0.2, 0.25) is 11.9 Å². The Hall–Kier alpha value is -2.63. The van der Waals surface area contributed by atoms with Gasteiger partial charge in [0, 0.05) is 44.4 Å². The predicted molar refractivity (Wildman–Crippen MR) is 119 cm³/mol. The van der Waals surface area contributed by atoms with E-state index < -0.39 is 0 Å². The highest BCUT2D eigenvalue weighted by Crippen LogP contribution is 2.29. The minimum absolute atomic E-state index is 0.311. The molecule has 160 valence electrons. The van der Waals surface area contributed by atoms with E-state index in [0.29, 0.717) is 18.9 Å². The van der Waals surface area contributed by atoms with E-state index in [1.54, 1.807) is 0 Å². The summed E-state index contributed by atoms with van der Waals surface area (Å²) in [7, 11) is 0. The number of nitrogens with zero attached hydrogens (tertiary/aromatic N) is 4. The van der Waals surface area contributed by atoms with Crippen molar-refractivity contribution in [2.24, 2.45) is 5.92 Å². The van der Waals surface area contributed by atoms with Crippen LogP contribution in [0.5, 0.6) is 5.75 Å². The Morgan fingerprint density at radius 1 is 1.07 bits per heavy atom. The molecule has 4 rings (SSSR count). The zero-order valence-corrected chi connectivity index (χ0v) is 17.9. The molecule has 0 radical (unpaired) electrons. The molecule has 2 aromatic rings. The summed E-state index contributed by atoms with van der Waals surface area (Å²) in [6.07, 6.45) is 8.88. The van der Waals surface area contributed by atoms with E-state index in [4.69, 9.17) is 9.72 Å². The van der Waals surface area contributed by atoms with Gasteiger partial charge < -0.3 is 14.5 Å². The lowest BCUT2D eigenvalue weighted by atomic mass is 10.0. The van der Waals surface area contributed by atoms with Crippen molar-refractivity contribution in [3.8, 4) is 17.0 Å². The van der Waals surface area contributed by atoms with Crippen LogP contribution < -0.4 is 9.64 Å². The molecule has 2 fully saturated rings. The molecule has 30 heavy (non-hydrogen) atoms. The van der Waals surface area contributed by atoms with Gasteiger partial charge in [0.15, 0.2) is 0 Å². The van der Waals surface area contributed by atoms with Gasteiger partial charge in [-0.25, -0.2) is 9.97 Å². The van der Waals surface area contributed by atoms with E-state index in [2.05, 4.69) is 9.88 Å². The molecule has 1 aromatic heterocycles. The fraction of sp³-hybridized carbons (Fsp3) is 0.542. The number of hydrogen-bond donors (Lipinski definition) is 0. The Labute approximate surface area is 179 Å². The summed E-state index contributed by atoms with van der Waals surface area (Å²) in [6, 6.07) is 9.92. The number of amides is 1.